The summed E-state index contributed by atoms with van der Waals surface area (Å²) in [5.74, 6) is 1.59. The monoisotopic (exact) mass is 231 g/mol. The van der Waals surface area contributed by atoms with E-state index in [1.165, 1.54) is 31.4 Å². The maximum atomic E-state index is 5.38. The van der Waals surface area contributed by atoms with Crippen molar-refractivity contribution in [2.75, 3.05) is 19.8 Å². The summed E-state index contributed by atoms with van der Waals surface area (Å²) in [5, 5.41) is 3.72. The second kappa shape index (κ2) is 5.19. The molecule has 2 fully saturated rings. The molecule has 1 saturated heterocycles. The first-order valence-electron chi connectivity index (χ1n) is 6.79. The van der Waals surface area contributed by atoms with E-state index < -0.39 is 0 Å². The van der Waals surface area contributed by atoms with Crippen molar-refractivity contribution < 1.29 is 4.74 Å². The van der Waals surface area contributed by atoms with Crippen LogP contribution in [0.5, 0.6) is 0 Å². The first-order valence-corrected chi connectivity index (χ1v) is 6.79. The van der Waals surface area contributed by atoms with Gasteiger partial charge < -0.3 is 10.1 Å². The highest BCUT2D eigenvalue weighted by Gasteiger charge is 2.37. The van der Waals surface area contributed by atoms with Gasteiger partial charge >= 0.3 is 0 Å². The molecule has 1 aromatic rings. The van der Waals surface area contributed by atoms with Crippen LogP contribution in [0.3, 0.4) is 0 Å². The Labute approximate surface area is 103 Å². The zero-order chi connectivity index (χ0) is 11.5. The minimum Gasteiger partial charge on any atom is -0.381 e. The number of ether oxygens (including phenoxy) is 1. The highest BCUT2D eigenvalue weighted by Crippen LogP contribution is 2.40. The fourth-order valence-electron chi connectivity index (χ4n) is 2.76. The average molecular weight is 231 g/mol. The van der Waals surface area contributed by atoms with Crippen LogP contribution in [-0.4, -0.2) is 25.8 Å². The van der Waals surface area contributed by atoms with E-state index in [0.29, 0.717) is 0 Å². The molecule has 2 unspecified atom stereocenters. The van der Waals surface area contributed by atoms with Crippen LogP contribution in [0, 0.1) is 5.92 Å². The van der Waals surface area contributed by atoms with Crippen molar-refractivity contribution in [2.45, 2.75) is 31.2 Å². The van der Waals surface area contributed by atoms with E-state index in [0.717, 1.165) is 31.1 Å². The lowest BCUT2D eigenvalue weighted by atomic mass is 10.0. The Morgan fingerprint density at radius 1 is 1.12 bits per heavy atom. The first kappa shape index (κ1) is 11.2. The lowest BCUT2D eigenvalue weighted by Crippen LogP contribution is -2.29. The molecule has 1 aromatic carbocycles. The van der Waals surface area contributed by atoms with E-state index in [2.05, 4.69) is 35.6 Å². The molecule has 0 aromatic heterocycles. The van der Waals surface area contributed by atoms with Crippen molar-refractivity contribution in [2.24, 2.45) is 5.92 Å². The lowest BCUT2D eigenvalue weighted by Gasteiger charge is -2.22. The van der Waals surface area contributed by atoms with Gasteiger partial charge in [0.05, 0.1) is 0 Å². The Morgan fingerprint density at radius 3 is 2.65 bits per heavy atom. The summed E-state index contributed by atoms with van der Waals surface area (Å²) in [5.41, 5.74) is 1.50. The summed E-state index contributed by atoms with van der Waals surface area (Å²) in [6.07, 6.45) is 3.78. The van der Waals surface area contributed by atoms with Crippen LogP contribution < -0.4 is 5.32 Å². The minimum atomic E-state index is 0.722. The molecular formula is C15H21NO. The molecule has 1 heterocycles. The van der Waals surface area contributed by atoms with Crippen molar-refractivity contribution >= 4 is 0 Å². The zero-order valence-corrected chi connectivity index (χ0v) is 10.3. The Bertz CT molecular complexity index is 345. The van der Waals surface area contributed by atoms with Crippen LogP contribution in [0.25, 0.3) is 0 Å². The van der Waals surface area contributed by atoms with E-state index in [-0.39, 0.29) is 0 Å². The molecule has 2 nitrogen and oxygen atoms in total. The summed E-state index contributed by atoms with van der Waals surface area (Å²) in [7, 11) is 0. The van der Waals surface area contributed by atoms with Crippen molar-refractivity contribution in [1.29, 1.82) is 0 Å². The smallest absolute Gasteiger partial charge is 0.0469 e. The molecule has 0 amide bonds. The molecule has 0 radical (unpaired) electrons. The van der Waals surface area contributed by atoms with Crippen molar-refractivity contribution in [1.82, 2.24) is 5.32 Å². The van der Waals surface area contributed by atoms with Crippen LogP contribution in [0.1, 0.15) is 30.7 Å². The second-order valence-corrected chi connectivity index (χ2v) is 5.32. The molecule has 0 bridgehead atoms. The SMILES string of the molecule is c1ccc(C2CC2NCC2CCOCC2)cc1. The predicted molar refractivity (Wildman–Crippen MR) is 69.1 cm³/mol. The van der Waals surface area contributed by atoms with Crippen LogP contribution in [0.4, 0.5) is 0 Å². The van der Waals surface area contributed by atoms with Crippen LogP contribution >= 0.6 is 0 Å². The maximum absolute atomic E-state index is 5.38. The Hall–Kier alpha value is -0.860. The molecule has 1 N–H and O–H groups in total. The van der Waals surface area contributed by atoms with Gasteiger partial charge in [0.15, 0.2) is 0 Å². The van der Waals surface area contributed by atoms with Crippen LogP contribution in [0.15, 0.2) is 30.3 Å². The highest BCUT2D eigenvalue weighted by atomic mass is 16.5. The van der Waals surface area contributed by atoms with Gasteiger partial charge in [0.1, 0.15) is 0 Å². The zero-order valence-electron chi connectivity index (χ0n) is 10.3. The molecule has 17 heavy (non-hydrogen) atoms. The van der Waals surface area contributed by atoms with Crippen LogP contribution in [0.2, 0.25) is 0 Å². The van der Waals surface area contributed by atoms with E-state index in [4.69, 9.17) is 4.74 Å². The van der Waals surface area contributed by atoms with Crippen molar-refractivity contribution in [3.63, 3.8) is 0 Å². The molecular weight excluding hydrogens is 210 g/mol. The van der Waals surface area contributed by atoms with Gasteiger partial charge in [0, 0.05) is 25.2 Å². The lowest BCUT2D eigenvalue weighted by molar-refractivity contribution is 0.0662. The topological polar surface area (TPSA) is 21.3 Å². The third-order valence-electron chi connectivity index (χ3n) is 4.03. The summed E-state index contributed by atoms with van der Waals surface area (Å²) < 4.78 is 5.38. The first-order chi connectivity index (χ1) is 8.43. The van der Waals surface area contributed by atoms with Gasteiger partial charge in [-0.1, -0.05) is 30.3 Å². The average Bonchev–Trinajstić information content (AvgIpc) is 3.18. The third kappa shape index (κ3) is 2.88. The predicted octanol–water partition coefficient (Wildman–Crippen LogP) is 2.56. The summed E-state index contributed by atoms with van der Waals surface area (Å²) in [6.45, 7) is 3.09. The van der Waals surface area contributed by atoms with E-state index >= 15 is 0 Å². The number of nitrogens with one attached hydrogen (secondary N) is 1. The molecule has 1 aliphatic carbocycles. The standard InChI is InChI=1S/C15H21NO/c1-2-4-13(5-3-1)14-10-15(14)16-11-12-6-8-17-9-7-12/h1-5,12,14-16H,6-11H2. The number of rotatable bonds is 4. The number of hydrogen-bond donors (Lipinski definition) is 1. The van der Waals surface area contributed by atoms with Crippen LogP contribution in [-0.2, 0) is 4.74 Å². The Kier molecular flexibility index (Phi) is 3.44. The van der Waals surface area contributed by atoms with E-state index in [9.17, 15) is 0 Å². The van der Waals surface area contributed by atoms with Gasteiger partial charge in [-0.2, -0.15) is 0 Å². The van der Waals surface area contributed by atoms with E-state index in [1.54, 1.807) is 0 Å². The summed E-state index contributed by atoms with van der Waals surface area (Å²) in [4.78, 5) is 0. The Morgan fingerprint density at radius 2 is 1.88 bits per heavy atom. The van der Waals surface area contributed by atoms with Gasteiger partial charge in [-0.3, -0.25) is 0 Å². The van der Waals surface area contributed by atoms with Gasteiger partial charge in [-0.05, 0) is 37.3 Å². The molecule has 92 valence electrons. The molecule has 2 heteroatoms. The Balaban J connectivity index is 1.43. The normalized spacial score (nSPS) is 29.2. The fraction of sp³-hybridized carbons (Fsp3) is 0.600. The fourth-order valence-corrected chi connectivity index (χ4v) is 2.76. The van der Waals surface area contributed by atoms with Gasteiger partial charge in [-0.25, -0.2) is 0 Å². The molecule has 2 aliphatic rings. The second-order valence-electron chi connectivity index (χ2n) is 5.32. The van der Waals surface area contributed by atoms with Gasteiger partial charge in [-0.15, -0.1) is 0 Å². The highest BCUT2D eigenvalue weighted by molar-refractivity contribution is 5.27. The number of hydrogen-bond acceptors (Lipinski definition) is 2. The molecule has 1 saturated carbocycles. The number of benzene rings is 1. The van der Waals surface area contributed by atoms with Crippen molar-refractivity contribution in [3.8, 4) is 0 Å². The summed E-state index contributed by atoms with van der Waals surface area (Å²) >= 11 is 0. The van der Waals surface area contributed by atoms with Gasteiger partial charge in [0.25, 0.3) is 0 Å². The summed E-state index contributed by atoms with van der Waals surface area (Å²) in [6, 6.07) is 11.6. The molecule has 3 rings (SSSR count). The molecule has 1 aliphatic heterocycles. The minimum absolute atomic E-state index is 0.722. The largest absolute Gasteiger partial charge is 0.381 e. The quantitative estimate of drug-likeness (QED) is 0.860. The van der Waals surface area contributed by atoms with E-state index in [1.807, 2.05) is 0 Å². The third-order valence-corrected chi connectivity index (χ3v) is 4.03. The molecule has 0 spiro atoms. The van der Waals surface area contributed by atoms with Crippen molar-refractivity contribution in [3.05, 3.63) is 35.9 Å². The molecule has 2 atom stereocenters. The van der Waals surface area contributed by atoms with Gasteiger partial charge in [0.2, 0.25) is 0 Å². The maximum Gasteiger partial charge on any atom is 0.0469 e.